The first kappa shape index (κ1) is 57.2. The lowest BCUT2D eigenvalue weighted by atomic mass is 9.96. The smallest absolute Gasteiger partial charge is 0.246 e. The van der Waals surface area contributed by atoms with Crippen molar-refractivity contribution >= 4 is 86.6 Å². The molecular weight excluding hydrogens is 985 g/mol. The zero-order valence-corrected chi connectivity index (χ0v) is 42.5. The van der Waals surface area contributed by atoms with Gasteiger partial charge in [0.1, 0.15) is 48.3 Å². The van der Waals surface area contributed by atoms with E-state index < -0.39 is 126 Å². The van der Waals surface area contributed by atoms with Gasteiger partial charge in [-0.15, -0.1) is 0 Å². The number of nitrogens with one attached hydrogen (secondary N) is 5. The molecule has 0 spiro atoms. The van der Waals surface area contributed by atoms with Crippen LogP contribution < -0.4 is 49.5 Å². The van der Waals surface area contributed by atoms with Gasteiger partial charge in [-0.05, 0) is 42.7 Å². The van der Waals surface area contributed by atoms with Crippen LogP contribution in [0.2, 0.25) is 0 Å². The van der Waals surface area contributed by atoms with Gasteiger partial charge in [0.25, 0.3) is 0 Å². The number of likely N-dealkylation sites (tertiary alicyclic amines) is 1. The minimum Gasteiger partial charge on any atom is -0.370 e. The molecule has 73 heavy (non-hydrogen) atoms. The lowest BCUT2D eigenvalue weighted by molar-refractivity contribution is -0.157. The van der Waals surface area contributed by atoms with Crippen molar-refractivity contribution in [1.82, 2.24) is 41.3 Å². The molecule has 23 nitrogen and oxygen atoms in total. The Morgan fingerprint density at radius 1 is 0.712 bits per heavy atom. The highest BCUT2D eigenvalue weighted by Gasteiger charge is 2.45. The van der Waals surface area contributed by atoms with E-state index in [9.17, 15) is 52.7 Å². The fourth-order valence-electron chi connectivity index (χ4n) is 8.89. The lowest BCUT2D eigenvalue weighted by Crippen LogP contribution is -2.67. The van der Waals surface area contributed by atoms with Crippen LogP contribution in [0.25, 0.3) is 0 Å². The normalized spacial score (nSPS) is 24.0. The van der Waals surface area contributed by atoms with E-state index in [4.69, 9.17) is 22.9 Å². The Hall–Kier alpha value is -6.73. The van der Waals surface area contributed by atoms with Crippen LogP contribution in [-0.2, 0) is 65.6 Å². The van der Waals surface area contributed by atoms with Crippen molar-refractivity contribution in [3.8, 4) is 0 Å². The largest absolute Gasteiger partial charge is 0.370 e. The highest BCUT2D eigenvalue weighted by atomic mass is 33.1. The van der Waals surface area contributed by atoms with E-state index in [0.717, 1.165) is 21.6 Å². The zero-order valence-electron chi connectivity index (χ0n) is 40.8. The van der Waals surface area contributed by atoms with E-state index in [1.807, 2.05) is 13.8 Å². The lowest BCUT2D eigenvalue weighted by Gasteiger charge is -2.44. The maximum Gasteiger partial charge on any atom is 0.246 e. The molecule has 2 bridgehead atoms. The molecule has 4 heterocycles. The quantitative estimate of drug-likeness (QED) is 0.0730. The number of carbonyl (C=O) groups is 11. The van der Waals surface area contributed by atoms with Gasteiger partial charge >= 0.3 is 0 Å². The number of hydrogen-bond donors (Lipinski definition) is 9. The number of amides is 11. The molecule has 11 amide bonds. The van der Waals surface area contributed by atoms with E-state index in [1.165, 1.54) is 14.7 Å². The molecule has 2 aromatic carbocycles. The number of nitrogens with two attached hydrogens (primary N) is 4. The van der Waals surface area contributed by atoms with Gasteiger partial charge in [-0.1, -0.05) is 96.1 Å². The van der Waals surface area contributed by atoms with Crippen LogP contribution in [0.4, 0.5) is 0 Å². The first-order chi connectivity index (χ1) is 34.8. The summed E-state index contributed by atoms with van der Waals surface area (Å²) in [7, 11) is 1.99. The van der Waals surface area contributed by atoms with Crippen LogP contribution >= 0.6 is 21.6 Å². The predicted octanol–water partition coefficient (Wildman–Crippen LogP) is -2.68. The average Bonchev–Trinajstić information content (AvgIpc) is 3.85. The van der Waals surface area contributed by atoms with Gasteiger partial charge in [0.05, 0.1) is 13.0 Å². The minimum absolute atomic E-state index is 0.00242. The molecule has 4 aliphatic heterocycles. The standard InChI is InChI=1S/C48H66N12O11S2/c1-27(2)20-32(53-40(63)24-49)47(70)58-17-9-14-35(58)44(67)57-34-26-73-72-25-33(41(52)64)56-45(68)36(21-28-10-5-3-6-11-28)59-18-19-60(37(48(59)71)22-29-12-7-4-8-13-29)46(69)30(15-16-38(50)61)54-42(65)31(23-39(51)62)55-43(34)66/h3-8,10-13,27,30-37H,9,14-26,49H2,1-2H3,(H2,50,61)(H2,51,62)(H2,52,64)(H,53,63)(H,54,65)(H,55,66)(H,56,68)(H,57,67)/t30-,31-,32-,33-,34-,35-,36-,37-/m0/s1. The molecule has 2 aromatic rings. The zero-order chi connectivity index (χ0) is 53.4. The summed E-state index contributed by atoms with van der Waals surface area (Å²) in [6.07, 6.45) is -0.769. The number of rotatable bonds is 17. The SMILES string of the molecule is CC(C)C[C@H](NC(=O)CN)C(=O)N1CCC[C@H]1C(=O)N[C@H]1CSSC[C@@H](C(N)=O)NC(=O)[C@H](Cc2ccccc2)N2CCN(C(=O)[C@H](CCC(N)=O)NC(=O)[C@H](CC(N)=O)NC1=O)[C@@H](Cc1ccccc1)C2=O. The van der Waals surface area contributed by atoms with Crippen molar-refractivity contribution in [2.75, 3.05) is 37.7 Å². The molecule has 6 rings (SSSR count). The number of hydrogen-bond acceptors (Lipinski definition) is 14. The molecule has 4 saturated heterocycles. The number of benzene rings is 2. The van der Waals surface area contributed by atoms with E-state index in [0.29, 0.717) is 17.5 Å². The Bertz CT molecular complexity index is 2350. The molecule has 4 aliphatic rings. The van der Waals surface area contributed by atoms with Crippen LogP contribution in [0.1, 0.15) is 63.5 Å². The van der Waals surface area contributed by atoms with E-state index in [-0.39, 0.29) is 75.7 Å². The number of carbonyl (C=O) groups excluding carboxylic acids is 11. The van der Waals surface area contributed by atoms with Gasteiger partial charge in [0, 0.05) is 50.4 Å². The minimum atomic E-state index is -1.75. The maximum atomic E-state index is 14.9. The molecule has 8 atom stereocenters. The van der Waals surface area contributed by atoms with Gasteiger partial charge in [0.2, 0.25) is 65.0 Å². The Morgan fingerprint density at radius 3 is 1.88 bits per heavy atom. The summed E-state index contributed by atoms with van der Waals surface area (Å²) in [5.74, 6) is -9.30. The van der Waals surface area contributed by atoms with Gasteiger partial charge in [-0.3, -0.25) is 52.7 Å². The summed E-state index contributed by atoms with van der Waals surface area (Å²) in [5, 5.41) is 13.0. The summed E-state index contributed by atoms with van der Waals surface area (Å²) in [4.78, 5) is 155. The summed E-state index contributed by atoms with van der Waals surface area (Å²) in [6.45, 7) is 3.17. The first-order valence-electron chi connectivity index (χ1n) is 24.1. The van der Waals surface area contributed by atoms with Crippen molar-refractivity contribution < 1.29 is 52.7 Å². The fourth-order valence-corrected chi connectivity index (χ4v) is 11.2. The van der Waals surface area contributed by atoms with Crippen molar-refractivity contribution in [3.05, 3.63) is 71.8 Å². The van der Waals surface area contributed by atoms with Gasteiger partial charge in [-0.2, -0.15) is 0 Å². The summed E-state index contributed by atoms with van der Waals surface area (Å²) in [6, 6.07) is 6.88. The molecule has 396 valence electrons. The highest BCUT2D eigenvalue weighted by molar-refractivity contribution is 8.76. The molecule has 0 unspecified atom stereocenters. The Balaban J connectivity index is 1.54. The van der Waals surface area contributed by atoms with Crippen LogP contribution in [0.5, 0.6) is 0 Å². The molecule has 0 aliphatic carbocycles. The number of nitrogens with zero attached hydrogens (tertiary/aromatic N) is 3. The van der Waals surface area contributed by atoms with Crippen LogP contribution in [0, 0.1) is 5.92 Å². The summed E-state index contributed by atoms with van der Waals surface area (Å²) >= 11 is 0. The van der Waals surface area contributed by atoms with E-state index in [1.54, 1.807) is 60.7 Å². The fraction of sp³-hybridized carbons (Fsp3) is 0.521. The van der Waals surface area contributed by atoms with Crippen molar-refractivity contribution in [2.45, 2.75) is 114 Å². The maximum absolute atomic E-state index is 14.9. The van der Waals surface area contributed by atoms with E-state index in [2.05, 4.69) is 26.6 Å². The van der Waals surface area contributed by atoms with Crippen LogP contribution in [0.15, 0.2) is 60.7 Å². The second kappa shape index (κ2) is 27.4. The monoisotopic (exact) mass is 1050 g/mol. The molecule has 4 fully saturated rings. The molecular formula is C48H66N12O11S2. The summed E-state index contributed by atoms with van der Waals surface area (Å²) < 4.78 is 0. The average molecular weight is 1050 g/mol. The second-order valence-electron chi connectivity index (χ2n) is 18.5. The topological polar surface area (TPSA) is 362 Å². The van der Waals surface area contributed by atoms with Crippen LogP contribution in [0.3, 0.4) is 0 Å². The first-order valence-corrected chi connectivity index (χ1v) is 26.6. The van der Waals surface area contributed by atoms with Crippen LogP contribution in [-0.4, -0.2) is 166 Å². The Morgan fingerprint density at radius 2 is 1.30 bits per heavy atom. The summed E-state index contributed by atoms with van der Waals surface area (Å²) in [5.41, 5.74) is 23.8. The molecule has 25 heteroatoms. The van der Waals surface area contributed by atoms with Gasteiger partial charge in [0.15, 0.2) is 0 Å². The third-order valence-electron chi connectivity index (χ3n) is 12.6. The van der Waals surface area contributed by atoms with Crippen molar-refractivity contribution in [3.63, 3.8) is 0 Å². The number of primary amides is 3. The van der Waals surface area contributed by atoms with Crippen molar-refractivity contribution in [2.24, 2.45) is 28.9 Å². The van der Waals surface area contributed by atoms with Gasteiger partial charge in [-0.25, -0.2) is 0 Å². The van der Waals surface area contributed by atoms with E-state index >= 15 is 0 Å². The molecule has 13 N–H and O–H groups in total. The highest BCUT2D eigenvalue weighted by Crippen LogP contribution is 2.27. The second-order valence-corrected chi connectivity index (χ2v) is 21.1. The Labute approximate surface area is 430 Å². The molecule has 0 aromatic heterocycles. The third kappa shape index (κ3) is 16.4. The number of fused-ring (bicyclic) bond motifs is 17. The molecule has 0 radical (unpaired) electrons. The predicted molar refractivity (Wildman–Crippen MR) is 271 cm³/mol. The van der Waals surface area contributed by atoms with Gasteiger partial charge < -0.3 is 64.2 Å². The Kier molecular flexibility index (Phi) is 21.4. The number of piperazine rings is 1. The molecule has 0 saturated carbocycles. The third-order valence-corrected chi connectivity index (χ3v) is 15.0. The van der Waals surface area contributed by atoms with Crippen molar-refractivity contribution in [1.29, 1.82) is 0 Å².